The molecule has 0 aliphatic carbocycles. The predicted molar refractivity (Wildman–Crippen MR) is 65.0 cm³/mol. The van der Waals surface area contributed by atoms with Crippen molar-refractivity contribution in [3.8, 4) is 11.5 Å². The molecule has 2 heterocycles. The van der Waals surface area contributed by atoms with E-state index in [0.29, 0.717) is 0 Å². The van der Waals surface area contributed by atoms with E-state index in [0.717, 1.165) is 30.2 Å². The monoisotopic (exact) mass is 232 g/mol. The van der Waals surface area contributed by atoms with Crippen molar-refractivity contribution < 1.29 is 4.74 Å². The number of hydrogen-bond donors (Lipinski definition) is 1. The van der Waals surface area contributed by atoms with Crippen molar-refractivity contribution in [1.82, 2.24) is 20.1 Å². The highest BCUT2D eigenvalue weighted by Gasteiger charge is 2.05. The minimum absolute atomic E-state index is 0.727. The summed E-state index contributed by atoms with van der Waals surface area (Å²) in [5.41, 5.74) is 1.03. The number of nitrogens with one attached hydrogen (secondary N) is 1. The third-order valence-corrected chi connectivity index (χ3v) is 2.39. The van der Waals surface area contributed by atoms with Crippen molar-refractivity contribution in [3.63, 3.8) is 0 Å². The number of nitrogens with zero attached hydrogens (tertiary/aromatic N) is 3. The van der Waals surface area contributed by atoms with Gasteiger partial charge in [-0.15, -0.1) is 0 Å². The Kier molecular flexibility index (Phi) is 3.72. The maximum atomic E-state index is 5.78. The third-order valence-electron chi connectivity index (χ3n) is 2.39. The third kappa shape index (κ3) is 2.82. The number of pyridine rings is 1. The Hall–Kier alpha value is -1.88. The van der Waals surface area contributed by atoms with Crippen LogP contribution in [0.4, 0.5) is 0 Å². The van der Waals surface area contributed by atoms with E-state index in [-0.39, 0.29) is 0 Å². The number of aromatic nitrogens is 3. The molecule has 2 aromatic heterocycles. The first kappa shape index (κ1) is 11.6. The molecule has 17 heavy (non-hydrogen) atoms. The van der Waals surface area contributed by atoms with E-state index in [9.17, 15) is 0 Å². The first-order chi connectivity index (χ1) is 8.33. The first-order valence-electron chi connectivity index (χ1n) is 5.61. The maximum absolute atomic E-state index is 5.78. The maximum Gasteiger partial charge on any atom is 0.165 e. The van der Waals surface area contributed by atoms with Gasteiger partial charge in [-0.05, 0) is 20.0 Å². The summed E-state index contributed by atoms with van der Waals surface area (Å²) < 4.78 is 7.61. The molecule has 0 aliphatic heterocycles. The fraction of sp³-hybridized carbons (Fsp3) is 0.333. The molecule has 0 atom stereocenters. The topological polar surface area (TPSA) is 52.0 Å². The second-order valence-corrected chi connectivity index (χ2v) is 3.65. The first-order valence-corrected chi connectivity index (χ1v) is 5.61. The van der Waals surface area contributed by atoms with Gasteiger partial charge in [0.25, 0.3) is 0 Å². The SMILES string of the molecule is CCn1cc(Oc2ccncc2CNC)cn1. The van der Waals surface area contributed by atoms with Crippen molar-refractivity contribution >= 4 is 0 Å². The molecule has 0 radical (unpaired) electrons. The molecule has 5 heteroatoms. The Balaban J connectivity index is 2.17. The molecular weight excluding hydrogens is 216 g/mol. The van der Waals surface area contributed by atoms with Gasteiger partial charge < -0.3 is 10.1 Å². The lowest BCUT2D eigenvalue weighted by molar-refractivity contribution is 0.472. The summed E-state index contributed by atoms with van der Waals surface area (Å²) in [5, 5.41) is 7.25. The van der Waals surface area contributed by atoms with Crippen LogP contribution in [0, 0.1) is 0 Å². The standard InChI is InChI=1S/C12H16N4O/c1-3-16-9-11(8-15-16)17-12-4-5-14-7-10(12)6-13-2/h4-5,7-9,13H,3,6H2,1-2H3. The van der Waals surface area contributed by atoms with Crippen molar-refractivity contribution in [2.45, 2.75) is 20.0 Å². The number of rotatable bonds is 5. The summed E-state index contributed by atoms with van der Waals surface area (Å²) in [4.78, 5) is 4.09. The molecule has 2 rings (SSSR count). The zero-order valence-corrected chi connectivity index (χ0v) is 10.1. The van der Waals surface area contributed by atoms with Crippen LogP contribution < -0.4 is 10.1 Å². The number of aryl methyl sites for hydroxylation is 1. The Bertz CT molecular complexity index is 481. The molecule has 0 unspecified atom stereocenters. The summed E-state index contributed by atoms with van der Waals surface area (Å²) in [6, 6.07) is 1.86. The van der Waals surface area contributed by atoms with Gasteiger partial charge in [0.1, 0.15) is 5.75 Å². The Morgan fingerprint density at radius 3 is 3.00 bits per heavy atom. The molecule has 90 valence electrons. The van der Waals surface area contributed by atoms with Gasteiger partial charge >= 0.3 is 0 Å². The smallest absolute Gasteiger partial charge is 0.165 e. The Labute approximate surface area is 100 Å². The van der Waals surface area contributed by atoms with Gasteiger partial charge in [0.2, 0.25) is 0 Å². The Morgan fingerprint density at radius 1 is 1.41 bits per heavy atom. The Morgan fingerprint density at radius 2 is 2.29 bits per heavy atom. The quantitative estimate of drug-likeness (QED) is 0.854. The molecule has 0 spiro atoms. The predicted octanol–water partition coefficient (Wildman–Crippen LogP) is 1.81. The minimum Gasteiger partial charge on any atom is -0.454 e. The van der Waals surface area contributed by atoms with E-state index < -0.39 is 0 Å². The number of ether oxygens (including phenoxy) is 1. The molecule has 0 bridgehead atoms. The van der Waals surface area contributed by atoms with Crippen LogP contribution >= 0.6 is 0 Å². The fourth-order valence-electron chi connectivity index (χ4n) is 1.53. The summed E-state index contributed by atoms with van der Waals surface area (Å²) in [7, 11) is 1.89. The molecule has 0 amide bonds. The van der Waals surface area contributed by atoms with Crippen LogP contribution in [0.1, 0.15) is 12.5 Å². The molecule has 0 aromatic carbocycles. The van der Waals surface area contributed by atoms with Crippen LogP contribution in [0.3, 0.4) is 0 Å². The molecule has 0 fully saturated rings. The summed E-state index contributed by atoms with van der Waals surface area (Å²) in [6.45, 7) is 3.60. The van der Waals surface area contributed by atoms with Gasteiger partial charge in [0, 0.05) is 31.0 Å². The van der Waals surface area contributed by atoms with Gasteiger partial charge in [0.15, 0.2) is 5.75 Å². The van der Waals surface area contributed by atoms with Crippen LogP contribution in [-0.4, -0.2) is 21.8 Å². The van der Waals surface area contributed by atoms with Crippen molar-refractivity contribution in [1.29, 1.82) is 0 Å². The average Bonchev–Trinajstić information content (AvgIpc) is 2.80. The van der Waals surface area contributed by atoms with Gasteiger partial charge in [0.05, 0.1) is 12.4 Å². The average molecular weight is 232 g/mol. The van der Waals surface area contributed by atoms with E-state index in [2.05, 4.69) is 15.4 Å². The van der Waals surface area contributed by atoms with Gasteiger partial charge in [-0.3, -0.25) is 9.67 Å². The summed E-state index contributed by atoms with van der Waals surface area (Å²) in [6.07, 6.45) is 7.12. The fourth-order valence-corrected chi connectivity index (χ4v) is 1.53. The lowest BCUT2D eigenvalue weighted by Crippen LogP contribution is -2.06. The van der Waals surface area contributed by atoms with E-state index in [1.165, 1.54) is 0 Å². The highest BCUT2D eigenvalue weighted by Crippen LogP contribution is 2.23. The summed E-state index contributed by atoms with van der Waals surface area (Å²) in [5.74, 6) is 1.56. The van der Waals surface area contributed by atoms with Crippen molar-refractivity contribution in [3.05, 3.63) is 36.4 Å². The van der Waals surface area contributed by atoms with Crippen LogP contribution in [0.5, 0.6) is 11.5 Å². The van der Waals surface area contributed by atoms with E-state index in [4.69, 9.17) is 4.74 Å². The molecule has 0 saturated carbocycles. The molecule has 5 nitrogen and oxygen atoms in total. The lowest BCUT2D eigenvalue weighted by Gasteiger charge is -2.08. The van der Waals surface area contributed by atoms with E-state index in [1.54, 1.807) is 18.6 Å². The summed E-state index contributed by atoms with van der Waals surface area (Å²) >= 11 is 0. The largest absolute Gasteiger partial charge is 0.454 e. The van der Waals surface area contributed by atoms with E-state index >= 15 is 0 Å². The highest BCUT2D eigenvalue weighted by atomic mass is 16.5. The molecule has 0 aliphatic rings. The molecular formula is C12H16N4O. The van der Waals surface area contributed by atoms with Gasteiger partial charge in [-0.1, -0.05) is 0 Å². The second-order valence-electron chi connectivity index (χ2n) is 3.65. The van der Waals surface area contributed by atoms with Gasteiger partial charge in [-0.25, -0.2) is 0 Å². The number of hydrogen-bond acceptors (Lipinski definition) is 4. The van der Waals surface area contributed by atoms with Crippen LogP contribution in [0.15, 0.2) is 30.9 Å². The second kappa shape index (κ2) is 5.45. The van der Waals surface area contributed by atoms with Gasteiger partial charge in [-0.2, -0.15) is 5.10 Å². The van der Waals surface area contributed by atoms with Crippen LogP contribution in [0.2, 0.25) is 0 Å². The zero-order chi connectivity index (χ0) is 12.1. The van der Waals surface area contributed by atoms with Crippen LogP contribution in [-0.2, 0) is 13.1 Å². The molecule has 0 saturated heterocycles. The normalized spacial score (nSPS) is 10.5. The van der Waals surface area contributed by atoms with Crippen molar-refractivity contribution in [2.75, 3.05) is 7.05 Å². The highest BCUT2D eigenvalue weighted by molar-refractivity contribution is 5.34. The minimum atomic E-state index is 0.727. The molecule has 1 N–H and O–H groups in total. The lowest BCUT2D eigenvalue weighted by atomic mass is 10.2. The van der Waals surface area contributed by atoms with Crippen LogP contribution in [0.25, 0.3) is 0 Å². The molecule has 2 aromatic rings. The van der Waals surface area contributed by atoms with E-state index in [1.807, 2.05) is 30.9 Å². The zero-order valence-electron chi connectivity index (χ0n) is 10.1. The van der Waals surface area contributed by atoms with Crippen molar-refractivity contribution in [2.24, 2.45) is 0 Å².